The molecule has 0 unspecified atom stereocenters. The fourth-order valence-corrected chi connectivity index (χ4v) is 2.96. The Labute approximate surface area is 123 Å². The van der Waals surface area contributed by atoms with Gasteiger partial charge in [0.15, 0.2) is 0 Å². The normalized spacial score (nSPS) is 19.4. The Morgan fingerprint density at radius 1 is 1.06 bits per heavy atom. The summed E-state index contributed by atoms with van der Waals surface area (Å²) in [5, 5.41) is 13.9. The van der Waals surface area contributed by atoms with Crippen molar-refractivity contribution in [2.75, 3.05) is 6.54 Å². The van der Waals surface area contributed by atoms with Gasteiger partial charge < -0.3 is 10.4 Å². The molecule has 0 amide bonds. The molecule has 0 aromatic heterocycles. The fraction of sp³-hybridized carbons (Fsp3) is 0.600. The molecule has 2 nitrogen and oxygen atoms in total. The standard InChI is InChI=1S/C15H22INO/c16-14-7-5-13(6-8-14)11-17-12-15(18)9-3-1-2-4-10-15/h5-8,17-18H,1-4,9-12H2. The second kappa shape index (κ2) is 6.87. The van der Waals surface area contributed by atoms with Crippen LogP contribution in [0.15, 0.2) is 24.3 Å². The van der Waals surface area contributed by atoms with E-state index in [1.54, 1.807) is 0 Å². The SMILES string of the molecule is OC1(CNCc2ccc(I)cc2)CCCCCC1. The maximum Gasteiger partial charge on any atom is 0.0771 e. The molecule has 3 heteroatoms. The Kier molecular flexibility index (Phi) is 5.45. The van der Waals surface area contributed by atoms with Gasteiger partial charge in [0.05, 0.1) is 5.60 Å². The Morgan fingerprint density at radius 3 is 2.28 bits per heavy atom. The Hall–Kier alpha value is -0.130. The fourth-order valence-electron chi connectivity index (χ4n) is 2.61. The number of halogens is 1. The molecule has 0 atom stereocenters. The highest BCUT2D eigenvalue weighted by Gasteiger charge is 2.27. The molecular formula is C15H22INO. The molecule has 0 aliphatic heterocycles. The van der Waals surface area contributed by atoms with E-state index in [1.165, 1.54) is 34.8 Å². The third kappa shape index (κ3) is 4.52. The largest absolute Gasteiger partial charge is 0.389 e. The van der Waals surface area contributed by atoms with Crippen molar-refractivity contribution < 1.29 is 5.11 Å². The Bertz CT molecular complexity index is 355. The lowest BCUT2D eigenvalue weighted by Crippen LogP contribution is -2.39. The smallest absolute Gasteiger partial charge is 0.0771 e. The van der Waals surface area contributed by atoms with Gasteiger partial charge in [-0.1, -0.05) is 37.8 Å². The molecule has 18 heavy (non-hydrogen) atoms. The first-order chi connectivity index (χ1) is 8.68. The van der Waals surface area contributed by atoms with Crippen LogP contribution in [0.3, 0.4) is 0 Å². The van der Waals surface area contributed by atoms with Gasteiger partial charge >= 0.3 is 0 Å². The summed E-state index contributed by atoms with van der Waals surface area (Å²) < 4.78 is 1.26. The highest BCUT2D eigenvalue weighted by molar-refractivity contribution is 14.1. The number of aliphatic hydroxyl groups is 1. The molecule has 1 aromatic carbocycles. The first-order valence-corrected chi connectivity index (χ1v) is 7.93. The van der Waals surface area contributed by atoms with E-state index >= 15 is 0 Å². The van der Waals surface area contributed by atoms with Crippen molar-refractivity contribution in [1.29, 1.82) is 0 Å². The second-order valence-electron chi connectivity index (χ2n) is 5.37. The van der Waals surface area contributed by atoms with E-state index in [9.17, 15) is 5.11 Å². The van der Waals surface area contributed by atoms with Gasteiger partial charge in [0.1, 0.15) is 0 Å². The van der Waals surface area contributed by atoms with Crippen molar-refractivity contribution in [3.05, 3.63) is 33.4 Å². The molecule has 1 aliphatic rings. The van der Waals surface area contributed by atoms with Crippen LogP contribution < -0.4 is 5.32 Å². The zero-order valence-corrected chi connectivity index (χ0v) is 12.9. The molecular weight excluding hydrogens is 337 g/mol. The van der Waals surface area contributed by atoms with Crippen molar-refractivity contribution in [3.8, 4) is 0 Å². The van der Waals surface area contributed by atoms with Gasteiger partial charge in [-0.25, -0.2) is 0 Å². The van der Waals surface area contributed by atoms with Crippen molar-refractivity contribution in [1.82, 2.24) is 5.32 Å². The van der Waals surface area contributed by atoms with Crippen LogP contribution >= 0.6 is 22.6 Å². The maximum atomic E-state index is 10.5. The van der Waals surface area contributed by atoms with Crippen LogP contribution in [0.25, 0.3) is 0 Å². The van der Waals surface area contributed by atoms with Gasteiger partial charge in [0.2, 0.25) is 0 Å². The van der Waals surface area contributed by atoms with Crippen molar-refractivity contribution in [2.24, 2.45) is 0 Å². The Morgan fingerprint density at radius 2 is 1.67 bits per heavy atom. The van der Waals surface area contributed by atoms with E-state index in [2.05, 4.69) is 52.2 Å². The first kappa shape index (κ1) is 14.3. The van der Waals surface area contributed by atoms with Crippen LogP contribution in [0.1, 0.15) is 44.1 Å². The molecule has 1 saturated carbocycles. The lowest BCUT2D eigenvalue weighted by atomic mass is 9.94. The van der Waals surface area contributed by atoms with Crippen LogP contribution in [0.5, 0.6) is 0 Å². The minimum atomic E-state index is -0.473. The van der Waals surface area contributed by atoms with Crippen molar-refractivity contribution >= 4 is 22.6 Å². The molecule has 0 spiro atoms. The molecule has 0 radical (unpaired) electrons. The molecule has 2 N–H and O–H groups in total. The van der Waals surface area contributed by atoms with E-state index in [0.717, 1.165) is 25.9 Å². The zero-order chi connectivity index (χ0) is 12.8. The molecule has 1 fully saturated rings. The van der Waals surface area contributed by atoms with E-state index < -0.39 is 5.60 Å². The summed E-state index contributed by atoms with van der Waals surface area (Å²) in [5.41, 5.74) is 0.812. The van der Waals surface area contributed by atoms with Crippen LogP contribution in [0, 0.1) is 3.57 Å². The van der Waals surface area contributed by atoms with Crippen LogP contribution in [-0.4, -0.2) is 17.3 Å². The van der Waals surface area contributed by atoms with Gasteiger partial charge in [0.25, 0.3) is 0 Å². The third-order valence-corrected chi connectivity index (χ3v) is 4.45. The molecule has 1 aliphatic carbocycles. The lowest BCUT2D eigenvalue weighted by Gasteiger charge is -2.27. The van der Waals surface area contributed by atoms with Gasteiger partial charge in [-0.3, -0.25) is 0 Å². The average molecular weight is 359 g/mol. The Balaban J connectivity index is 1.78. The number of hydrogen-bond acceptors (Lipinski definition) is 2. The third-order valence-electron chi connectivity index (χ3n) is 3.73. The molecule has 1 aromatic rings. The average Bonchev–Trinajstić information content (AvgIpc) is 2.57. The summed E-state index contributed by atoms with van der Waals surface area (Å²) in [6, 6.07) is 8.54. The van der Waals surface area contributed by atoms with Crippen LogP contribution in [0.4, 0.5) is 0 Å². The molecule has 0 saturated heterocycles. The minimum absolute atomic E-state index is 0.473. The zero-order valence-electron chi connectivity index (χ0n) is 10.8. The van der Waals surface area contributed by atoms with Gasteiger partial charge in [-0.15, -0.1) is 0 Å². The summed E-state index contributed by atoms with van der Waals surface area (Å²) >= 11 is 2.32. The topological polar surface area (TPSA) is 32.3 Å². The highest BCUT2D eigenvalue weighted by atomic mass is 127. The van der Waals surface area contributed by atoms with Crippen molar-refractivity contribution in [3.63, 3.8) is 0 Å². The summed E-state index contributed by atoms with van der Waals surface area (Å²) in [7, 11) is 0. The summed E-state index contributed by atoms with van der Waals surface area (Å²) in [6.45, 7) is 1.57. The highest BCUT2D eigenvalue weighted by Crippen LogP contribution is 2.26. The molecule has 0 heterocycles. The van der Waals surface area contributed by atoms with Crippen LogP contribution in [0.2, 0.25) is 0 Å². The quantitative estimate of drug-likeness (QED) is 0.638. The number of benzene rings is 1. The summed E-state index contributed by atoms with van der Waals surface area (Å²) in [5.74, 6) is 0. The van der Waals surface area contributed by atoms with E-state index in [-0.39, 0.29) is 0 Å². The molecule has 2 rings (SSSR count). The minimum Gasteiger partial charge on any atom is -0.389 e. The molecule has 100 valence electrons. The monoisotopic (exact) mass is 359 g/mol. The van der Waals surface area contributed by atoms with Gasteiger partial charge in [-0.05, 0) is 53.1 Å². The second-order valence-corrected chi connectivity index (χ2v) is 6.61. The number of rotatable bonds is 4. The van der Waals surface area contributed by atoms with Gasteiger partial charge in [0, 0.05) is 16.7 Å². The lowest BCUT2D eigenvalue weighted by molar-refractivity contribution is 0.0250. The first-order valence-electron chi connectivity index (χ1n) is 6.86. The van der Waals surface area contributed by atoms with E-state index in [1.807, 2.05) is 0 Å². The van der Waals surface area contributed by atoms with E-state index in [4.69, 9.17) is 0 Å². The predicted molar refractivity (Wildman–Crippen MR) is 83.5 cm³/mol. The summed E-state index contributed by atoms with van der Waals surface area (Å²) in [6.07, 6.45) is 6.79. The predicted octanol–water partition coefficient (Wildman–Crippen LogP) is 3.47. The number of hydrogen-bond donors (Lipinski definition) is 2. The molecule has 0 bridgehead atoms. The number of nitrogens with one attached hydrogen (secondary N) is 1. The van der Waals surface area contributed by atoms with Gasteiger partial charge in [-0.2, -0.15) is 0 Å². The van der Waals surface area contributed by atoms with Crippen LogP contribution in [-0.2, 0) is 6.54 Å². The van der Waals surface area contributed by atoms with Crippen molar-refractivity contribution in [2.45, 2.75) is 50.7 Å². The van der Waals surface area contributed by atoms with E-state index in [0.29, 0.717) is 0 Å². The maximum absolute atomic E-state index is 10.5. The summed E-state index contributed by atoms with van der Waals surface area (Å²) in [4.78, 5) is 0.